The third-order valence-corrected chi connectivity index (χ3v) is 2.37. The molecule has 0 unspecified atom stereocenters. The van der Waals surface area contributed by atoms with Crippen LogP contribution in [-0.4, -0.2) is 12.1 Å². The summed E-state index contributed by atoms with van der Waals surface area (Å²) in [4.78, 5) is 11.6. The molecule has 90 valence electrons. The summed E-state index contributed by atoms with van der Waals surface area (Å²) in [6.45, 7) is 7.42. The van der Waals surface area contributed by atoms with Crippen molar-refractivity contribution in [3.05, 3.63) is 11.3 Å². The molecule has 0 bridgehead atoms. The van der Waals surface area contributed by atoms with Gasteiger partial charge in [-0.3, -0.25) is 0 Å². The predicted octanol–water partition coefficient (Wildman–Crippen LogP) is 2.11. The number of rotatable bonds is 5. The molecule has 0 fully saturated rings. The molecular formula is C12H20N2O2. The second-order valence-corrected chi connectivity index (χ2v) is 3.91. The Kier molecular flexibility index (Phi) is 6.24. The maximum absolute atomic E-state index is 11.6. The lowest BCUT2D eigenvalue weighted by atomic mass is 9.96. The molecule has 0 aliphatic carbocycles. The smallest absolute Gasteiger partial charge is 0.350 e. The van der Waals surface area contributed by atoms with Crippen molar-refractivity contribution in [3.8, 4) is 6.07 Å². The summed E-state index contributed by atoms with van der Waals surface area (Å²) in [5.74, 6) is -0.559. The van der Waals surface area contributed by atoms with E-state index in [-0.39, 0.29) is 17.6 Å². The number of esters is 1. The van der Waals surface area contributed by atoms with Crippen LogP contribution in [0.25, 0.3) is 0 Å². The van der Waals surface area contributed by atoms with Gasteiger partial charge in [0.25, 0.3) is 0 Å². The Bertz CT molecular complexity index is 309. The molecule has 0 aromatic carbocycles. The summed E-state index contributed by atoms with van der Waals surface area (Å²) in [7, 11) is 0. The van der Waals surface area contributed by atoms with Crippen molar-refractivity contribution in [2.45, 2.75) is 46.6 Å². The van der Waals surface area contributed by atoms with Crippen LogP contribution in [-0.2, 0) is 9.53 Å². The Morgan fingerprint density at radius 2 is 1.88 bits per heavy atom. The summed E-state index contributed by atoms with van der Waals surface area (Å²) < 4.78 is 4.96. The van der Waals surface area contributed by atoms with Gasteiger partial charge < -0.3 is 10.5 Å². The summed E-state index contributed by atoms with van der Waals surface area (Å²) in [5.41, 5.74) is 6.12. The van der Waals surface area contributed by atoms with Crippen molar-refractivity contribution in [1.29, 1.82) is 5.26 Å². The highest BCUT2D eigenvalue weighted by atomic mass is 16.5. The Balaban J connectivity index is 5.02. The molecule has 0 atom stereocenters. The van der Waals surface area contributed by atoms with Crippen molar-refractivity contribution in [3.63, 3.8) is 0 Å². The van der Waals surface area contributed by atoms with Crippen LogP contribution in [0.1, 0.15) is 40.5 Å². The zero-order chi connectivity index (χ0) is 12.7. The van der Waals surface area contributed by atoms with Gasteiger partial charge in [0.2, 0.25) is 0 Å². The van der Waals surface area contributed by atoms with Gasteiger partial charge in [-0.25, -0.2) is 4.79 Å². The van der Waals surface area contributed by atoms with E-state index in [1.807, 2.05) is 19.9 Å². The van der Waals surface area contributed by atoms with Gasteiger partial charge in [-0.2, -0.15) is 5.26 Å². The SMILES string of the molecule is CCC(CC)C(N)=C(C#N)C(=O)OC(C)C. The van der Waals surface area contributed by atoms with Crippen LogP contribution in [0.3, 0.4) is 0 Å². The summed E-state index contributed by atoms with van der Waals surface area (Å²) in [6, 6.07) is 1.84. The second kappa shape index (κ2) is 6.89. The Morgan fingerprint density at radius 1 is 1.38 bits per heavy atom. The molecule has 4 heteroatoms. The van der Waals surface area contributed by atoms with Crippen molar-refractivity contribution in [2.24, 2.45) is 11.7 Å². The summed E-state index contributed by atoms with van der Waals surface area (Å²) in [5, 5.41) is 8.93. The first-order valence-electron chi connectivity index (χ1n) is 5.58. The first-order valence-corrected chi connectivity index (χ1v) is 5.58. The number of nitrogens with two attached hydrogens (primary N) is 1. The van der Waals surface area contributed by atoms with Crippen molar-refractivity contribution in [2.75, 3.05) is 0 Å². The highest BCUT2D eigenvalue weighted by Gasteiger charge is 2.20. The molecule has 0 rings (SSSR count). The number of carbonyl (C=O) groups is 1. The van der Waals surface area contributed by atoms with Gasteiger partial charge in [-0.1, -0.05) is 13.8 Å². The van der Waals surface area contributed by atoms with Gasteiger partial charge in [0.05, 0.1) is 6.10 Å². The van der Waals surface area contributed by atoms with Crippen molar-refractivity contribution < 1.29 is 9.53 Å². The predicted molar refractivity (Wildman–Crippen MR) is 62.1 cm³/mol. The van der Waals surface area contributed by atoms with Crippen LogP contribution in [0, 0.1) is 17.2 Å². The third-order valence-electron chi connectivity index (χ3n) is 2.37. The van der Waals surface area contributed by atoms with E-state index < -0.39 is 5.97 Å². The number of nitriles is 1. The number of carbonyl (C=O) groups excluding carboxylic acids is 1. The standard InChI is InChI=1S/C12H20N2O2/c1-5-9(6-2)11(14)10(7-13)12(15)16-8(3)4/h8-9H,5-6,14H2,1-4H3. The zero-order valence-electron chi connectivity index (χ0n) is 10.4. The summed E-state index contributed by atoms with van der Waals surface area (Å²) >= 11 is 0. The number of hydrogen-bond donors (Lipinski definition) is 1. The normalized spacial score (nSPS) is 12.3. The van der Waals surface area contributed by atoms with Crippen LogP contribution in [0.4, 0.5) is 0 Å². The van der Waals surface area contributed by atoms with E-state index in [1.54, 1.807) is 13.8 Å². The first kappa shape index (κ1) is 14.5. The molecule has 0 amide bonds. The van der Waals surface area contributed by atoms with E-state index in [0.29, 0.717) is 5.70 Å². The highest BCUT2D eigenvalue weighted by molar-refractivity contribution is 5.93. The molecule has 0 saturated carbocycles. The molecule has 16 heavy (non-hydrogen) atoms. The van der Waals surface area contributed by atoms with Crippen LogP contribution < -0.4 is 5.73 Å². The molecule has 2 N–H and O–H groups in total. The minimum Gasteiger partial charge on any atom is -0.459 e. The highest BCUT2D eigenvalue weighted by Crippen LogP contribution is 2.18. The lowest BCUT2D eigenvalue weighted by Crippen LogP contribution is -2.20. The van der Waals surface area contributed by atoms with E-state index >= 15 is 0 Å². The minimum atomic E-state index is -0.623. The Hall–Kier alpha value is -1.50. The lowest BCUT2D eigenvalue weighted by molar-refractivity contribution is -0.142. The Morgan fingerprint density at radius 3 is 2.19 bits per heavy atom. The van der Waals surface area contributed by atoms with Gasteiger partial charge >= 0.3 is 5.97 Å². The maximum atomic E-state index is 11.6. The molecule has 0 aliphatic rings. The number of hydrogen-bond acceptors (Lipinski definition) is 4. The average molecular weight is 224 g/mol. The number of ether oxygens (including phenoxy) is 1. The fourth-order valence-corrected chi connectivity index (χ4v) is 1.43. The van der Waals surface area contributed by atoms with Gasteiger partial charge in [-0.05, 0) is 32.6 Å². The molecule has 4 nitrogen and oxygen atoms in total. The molecular weight excluding hydrogens is 204 g/mol. The van der Waals surface area contributed by atoms with Crippen molar-refractivity contribution in [1.82, 2.24) is 0 Å². The van der Waals surface area contributed by atoms with E-state index in [0.717, 1.165) is 12.8 Å². The van der Waals surface area contributed by atoms with Gasteiger partial charge in [-0.15, -0.1) is 0 Å². The fraction of sp³-hybridized carbons (Fsp3) is 0.667. The fourth-order valence-electron chi connectivity index (χ4n) is 1.43. The van der Waals surface area contributed by atoms with Crippen LogP contribution in [0.15, 0.2) is 11.3 Å². The maximum Gasteiger partial charge on any atom is 0.350 e. The molecule has 0 aromatic rings. The lowest BCUT2D eigenvalue weighted by Gasteiger charge is -2.15. The van der Waals surface area contributed by atoms with E-state index in [1.165, 1.54) is 0 Å². The zero-order valence-corrected chi connectivity index (χ0v) is 10.4. The first-order chi connectivity index (χ1) is 7.47. The molecule has 0 aliphatic heterocycles. The van der Waals surface area contributed by atoms with E-state index in [9.17, 15) is 4.79 Å². The van der Waals surface area contributed by atoms with E-state index in [2.05, 4.69) is 0 Å². The second-order valence-electron chi connectivity index (χ2n) is 3.91. The molecule has 0 heterocycles. The third kappa shape index (κ3) is 3.93. The number of allylic oxidation sites excluding steroid dienone is 1. The quantitative estimate of drug-likeness (QED) is 0.441. The molecule has 0 saturated heterocycles. The average Bonchev–Trinajstić information content (AvgIpc) is 2.19. The number of nitrogens with zero attached hydrogens (tertiary/aromatic N) is 1. The van der Waals surface area contributed by atoms with Crippen LogP contribution in [0.5, 0.6) is 0 Å². The minimum absolute atomic E-state index is 0.0533. The Labute approximate surface area is 97.1 Å². The molecule has 0 spiro atoms. The topological polar surface area (TPSA) is 76.1 Å². The molecule has 0 aromatic heterocycles. The van der Waals surface area contributed by atoms with E-state index in [4.69, 9.17) is 15.7 Å². The van der Waals surface area contributed by atoms with Crippen molar-refractivity contribution >= 4 is 5.97 Å². The van der Waals surface area contributed by atoms with Gasteiger partial charge in [0.15, 0.2) is 5.57 Å². The summed E-state index contributed by atoms with van der Waals surface area (Å²) in [6.07, 6.45) is 1.37. The van der Waals surface area contributed by atoms with Crippen LogP contribution >= 0.6 is 0 Å². The largest absolute Gasteiger partial charge is 0.459 e. The van der Waals surface area contributed by atoms with Gasteiger partial charge in [0.1, 0.15) is 6.07 Å². The van der Waals surface area contributed by atoms with Gasteiger partial charge in [0, 0.05) is 5.70 Å². The van der Waals surface area contributed by atoms with Crippen LogP contribution in [0.2, 0.25) is 0 Å². The molecule has 0 radical (unpaired) electrons. The monoisotopic (exact) mass is 224 g/mol.